The van der Waals surface area contributed by atoms with E-state index in [0.717, 1.165) is 38.8 Å². The zero-order chi connectivity index (χ0) is 13.7. The molecule has 1 atom stereocenters. The van der Waals surface area contributed by atoms with Gasteiger partial charge in [-0.15, -0.1) is 0 Å². The second-order valence-electron chi connectivity index (χ2n) is 5.77. The maximum atomic E-state index is 12.3. The lowest BCUT2D eigenvalue weighted by atomic mass is 9.96. The van der Waals surface area contributed by atoms with Crippen molar-refractivity contribution in [1.29, 1.82) is 0 Å². The topological polar surface area (TPSA) is 58.6 Å². The summed E-state index contributed by atoms with van der Waals surface area (Å²) < 4.78 is 31.4. The monoisotopic (exact) mass is 290 g/mol. The highest BCUT2D eigenvalue weighted by molar-refractivity contribution is 7.89. The summed E-state index contributed by atoms with van der Waals surface area (Å²) in [5, 5.41) is 3.31. The molecular weight excluding hydrogens is 264 g/mol. The van der Waals surface area contributed by atoms with Crippen molar-refractivity contribution in [3.63, 3.8) is 0 Å². The van der Waals surface area contributed by atoms with E-state index in [2.05, 4.69) is 5.32 Å². The molecule has 2 saturated heterocycles. The Bertz CT molecular complexity index is 366. The molecule has 0 aromatic rings. The van der Waals surface area contributed by atoms with Crippen LogP contribution in [0.5, 0.6) is 0 Å². The summed E-state index contributed by atoms with van der Waals surface area (Å²) in [7, 11) is -1.38. The number of nitrogens with zero attached hydrogens (tertiary/aromatic N) is 1. The Hall–Kier alpha value is -0.170. The van der Waals surface area contributed by atoms with Gasteiger partial charge in [0.15, 0.2) is 0 Å². The molecule has 2 aliphatic heterocycles. The van der Waals surface area contributed by atoms with Gasteiger partial charge in [-0.25, -0.2) is 12.7 Å². The first-order chi connectivity index (χ1) is 9.12. The van der Waals surface area contributed by atoms with Crippen LogP contribution in [0.3, 0.4) is 0 Å². The van der Waals surface area contributed by atoms with Gasteiger partial charge >= 0.3 is 0 Å². The maximum absolute atomic E-state index is 12.3. The second-order valence-corrected chi connectivity index (χ2v) is 7.85. The largest absolute Gasteiger partial charge is 0.384 e. The molecule has 0 aromatic carbocycles. The van der Waals surface area contributed by atoms with Crippen LogP contribution in [-0.2, 0) is 14.8 Å². The summed E-state index contributed by atoms with van der Waals surface area (Å²) in [4.78, 5) is 0. The van der Waals surface area contributed by atoms with Gasteiger partial charge in [0.2, 0.25) is 10.0 Å². The lowest BCUT2D eigenvalue weighted by Crippen LogP contribution is -2.34. The fourth-order valence-electron chi connectivity index (χ4n) is 3.04. The third-order valence-electron chi connectivity index (χ3n) is 4.29. The Labute approximate surface area is 116 Å². The van der Waals surface area contributed by atoms with Gasteiger partial charge < -0.3 is 10.1 Å². The molecule has 2 heterocycles. The number of methoxy groups -OCH3 is 1. The van der Waals surface area contributed by atoms with E-state index in [4.69, 9.17) is 4.74 Å². The van der Waals surface area contributed by atoms with Crippen LogP contribution in [0, 0.1) is 11.8 Å². The highest BCUT2D eigenvalue weighted by Crippen LogP contribution is 2.22. The number of piperidine rings is 1. The minimum Gasteiger partial charge on any atom is -0.384 e. The third kappa shape index (κ3) is 4.41. The highest BCUT2D eigenvalue weighted by Gasteiger charge is 2.31. The molecule has 0 spiro atoms. The van der Waals surface area contributed by atoms with Crippen molar-refractivity contribution in [2.24, 2.45) is 11.8 Å². The van der Waals surface area contributed by atoms with E-state index in [0.29, 0.717) is 37.3 Å². The van der Waals surface area contributed by atoms with E-state index < -0.39 is 10.0 Å². The van der Waals surface area contributed by atoms with E-state index in [1.165, 1.54) is 0 Å². The molecule has 112 valence electrons. The predicted molar refractivity (Wildman–Crippen MR) is 75.6 cm³/mol. The van der Waals surface area contributed by atoms with Gasteiger partial charge in [-0.3, -0.25) is 0 Å². The highest BCUT2D eigenvalue weighted by atomic mass is 32.2. The van der Waals surface area contributed by atoms with Gasteiger partial charge in [-0.1, -0.05) is 0 Å². The van der Waals surface area contributed by atoms with Gasteiger partial charge in [0, 0.05) is 20.2 Å². The van der Waals surface area contributed by atoms with Crippen LogP contribution in [0.4, 0.5) is 0 Å². The quantitative estimate of drug-likeness (QED) is 0.781. The van der Waals surface area contributed by atoms with Crippen LogP contribution in [-0.4, -0.2) is 58.4 Å². The van der Waals surface area contributed by atoms with Crippen LogP contribution < -0.4 is 5.32 Å². The average Bonchev–Trinajstić information content (AvgIpc) is 2.88. The summed E-state index contributed by atoms with van der Waals surface area (Å²) in [5.74, 6) is 1.27. The Morgan fingerprint density at radius 1 is 1.21 bits per heavy atom. The number of ether oxygens (including phenoxy) is 1. The van der Waals surface area contributed by atoms with Crippen molar-refractivity contribution in [1.82, 2.24) is 9.62 Å². The molecule has 1 unspecified atom stereocenters. The van der Waals surface area contributed by atoms with E-state index in [1.807, 2.05) is 0 Å². The van der Waals surface area contributed by atoms with Crippen LogP contribution in [0.1, 0.15) is 25.7 Å². The van der Waals surface area contributed by atoms with Crippen molar-refractivity contribution in [3.8, 4) is 0 Å². The van der Waals surface area contributed by atoms with Crippen LogP contribution in [0.2, 0.25) is 0 Å². The van der Waals surface area contributed by atoms with Gasteiger partial charge in [-0.2, -0.15) is 0 Å². The Morgan fingerprint density at radius 3 is 2.63 bits per heavy atom. The molecular formula is C13H26N2O3S. The maximum Gasteiger partial charge on any atom is 0.214 e. The number of sulfonamides is 1. The minimum absolute atomic E-state index is 0.317. The molecule has 5 nitrogen and oxygen atoms in total. The normalized spacial score (nSPS) is 26.9. The number of nitrogens with one attached hydrogen (secondary N) is 1. The molecule has 6 heteroatoms. The van der Waals surface area contributed by atoms with Crippen molar-refractivity contribution in [2.45, 2.75) is 25.7 Å². The van der Waals surface area contributed by atoms with Crippen LogP contribution >= 0.6 is 0 Å². The summed E-state index contributed by atoms with van der Waals surface area (Å²) >= 11 is 0. The molecule has 0 saturated carbocycles. The SMILES string of the molecule is COCC1CCN(S(=O)(=O)CCC2CCNCC2)C1. The number of rotatable bonds is 6. The lowest BCUT2D eigenvalue weighted by molar-refractivity contribution is 0.157. The van der Waals surface area contributed by atoms with E-state index in [1.54, 1.807) is 11.4 Å². The number of hydrogen-bond acceptors (Lipinski definition) is 4. The van der Waals surface area contributed by atoms with Gasteiger partial charge in [-0.05, 0) is 50.6 Å². The smallest absolute Gasteiger partial charge is 0.214 e. The third-order valence-corrected chi connectivity index (χ3v) is 6.16. The van der Waals surface area contributed by atoms with Crippen LogP contribution in [0.25, 0.3) is 0 Å². The summed E-state index contributed by atoms with van der Waals surface area (Å²) in [6.07, 6.45) is 3.97. The molecule has 2 aliphatic rings. The predicted octanol–water partition coefficient (Wildman–Crippen LogP) is 0.674. The summed E-state index contributed by atoms with van der Waals surface area (Å²) in [6.45, 7) is 4.04. The first-order valence-electron chi connectivity index (χ1n) is 7.29. The Kier molecular flexibility index (Phi) is 5.62. The zero-order valence-electron chi connectivity index (χ0n) is 11.8. The van der Waals surface area contributed by atoms with E-state index in [9.17, 15) is 8.42 Å². The van der Waals surface area contributed by atoms with Crippen molar-refractivity contribution in [2.75, 3.05) is 45.6 Å². The van der Waals surface area contributed by atoms with Gasteiger partial charge in [0.25, 0.3) is 0 Å². The van der Waals surface area contributed by atoms with Crippen LogP contribution in [0.15, 0.2) is 0 Å². The molecule has 0 bridgehead atoms. The molecule has 0 aromatic heterocycles. The fourth-order valence-corrected chi connectivity index (χ4v) is 4.75. The Balaban J connectivity index is 1.78. The molecule has 0 aliphatic carbocycles. The minimum atomic E-state index is -3.05. The van der Waals surface area contributed by atoms with Gasteiger partial charge in [0.1, 0.15) is 0 Å². The number of hydrogen-bond donors (Lipinski definition) is 1. The molecule has 1 N–H and O–H groups in total. The zero-order valence-corrected chi connectivity index (χ0v) is 12.6. The van der Waals surface area contributed by atoms with Crippen molar-refractivity contribution in [3.05, 3.63) is 0 Å². The molecule has 0 amide bonds. The van der Waals surface area contributed by atoms with Crippen molar-refractivity contribution >= 4 is 10.0 Å². The molecule has 2 rings (SSSR count). The summed E-state index contributed by atoms with van der Waals surface area (Å²) in [5.41, 5.74) is 0. The van der Waals surface area contributed by atoms with E-state index in [-0.39, 0.29) is 0 Å². The fraction of sp³-hybridized carbons (Fsp3) is 1.00. The first kappa shape index (κ1) is 15.2. The lowest BCUT2D eigenvalue weighted by Gasteiger charge is -2.23. The first-order valence-corrected chi connectivity index (χ1v) is 8.90. The van der Waals surface area contributed by atoms with Gasteiger partial charge in [0.05, 0.1) is 12.4 Å². The molecule has 0 radical (unpaired) electrons. The van der Waals surface area contributed by atoms with Crippen molar-refractivity contribution < 1.29 is 13.2 Å². The van der Waals surface area contributed by atoms with E-state index >= 15 is 0 Å². The second kappa shape index (κ2) is 7.02. The summed E-state index contributed by atoms with van der Waals surface area (Å²) in [6, 6.07) is 0. The average molecular weight is 290 g/mol. The Morgan fingerprint density at radius 2 is 1.95 bits per heavy atom. The molecule has 19 heavy (non-hydrogen) atoms. The molecule has 2 fully saturated rings. The standard InChI is InChI=1S/C13H26N2O3S/c1-18-11-13-4-8-15(10-13)19(16,17)9-5-12-2-6-14-7-3-12/h12-14H,2-11H2,1H3.